The summed E-state index contributed by atoms with van der Waals surface area (Å²) in [6.07, 6.45) is 8.94. The molecule has 10 heteroatoms. The molecule has 0 heterocycles. The number of carboxylic acid groups (broad SMARTS) is 1. The Morgan fingerprint density at radius 2 is 1.73 bits per heavy atom. The minimum absolute atomic E-state index is 0.0349. The van der Waals surface area contributed by atoms with Gasteiger partial charge in [0.25, 0.3) is 0 Å². The molecular weight excluding hydrogens is 535 g/mol. The maximum atomic E-state index is 13.1. The Morgan fingerprint density at radius 3 is 2.48 bits per heavy atom. The summed E-state index contributed by atoms with van der Waals surface area (Å²) in [4.78, 5) is 46.7. The van der Waals surface area contributed by atoms with Crippen molar-refractivity contribution < 1.29 is 43.1 Å². The van der Waals surface area contributed by atoms with Crippen molar-refractivity contribution in [3.8, 4) is 5.75 Å². The van der Waals surface area contributed by atoms with Gasteiger partial charge >= 0.3 is 13.8 Å². The monoisotopic (exact) mass is 566 g/mol. The van der Waals surface area contributed by atoms with Crippen molar-refractivity contribution in [1.29, 1.82) is 0 Å². The van der Waals surface area contributed by atoms with Gasteiger partial charge in [-0.05, 0) is 89.1 Å². The largest absolute Gasteiger partial charge is 0.508 e. The highest BCUT2D eigenvalue weighted by Gasteiger charge is 2.28. The summed E-state index contributed by atoms with van der Waals surface area (Å²) >= 11 is 0. The van der Waals surface area contributed by atoms with Gasteiger partial charge in [0.05, 0.1) is 12.2 Å². The number of phosphoric ester groups is 1. The number of fused-ring (bicyclic) bond motifs is 2. The fourth-order valence-corrected chi connectivity index (χ4v) is 5.44. The zero-order chi connectivity index (χ0) is 28.9. The number of Topliss-reactive ketones (excluding diaryl/α,β-unsaturated/α-hetero) is 1. The van der Waals surface area contributed by atoms with E-state index in [2.05, 4.69) is 4.52 Å². The molecule has 9 nitrogen and oxygen atoms in total. The molecule has 0 amide bonds. The molecule has 0 saturated heterocycles. The van der Waals surface area contributed by atoms with Crippen LogP contribution < -0.4 is 0 Å². The number of allylic oxidation sites excluding steroid dienone is 5. The lowest BCUT2D eigenvalue weighted by atomic mass is 9.76. The third-order valence-electron chi connectivity index (χ3n) is 6.96. The first-order valence-electron chi connectivity index (χ1n) is 13.0. The number of carbonyl (C=O) groups is 3. The van der Waals surface area contributed by atoms with E-state index in [-0.39, 0.29) is 35.9 Å². The number of hydrogen-bond acceptors (Lipinski definition) is 7. The van der Waals surface area contributed by atoms with Gasteiger partial charge in [-0.2, -0.15) is 0 Å². The third-order valence-corrected chi connectivity index (χ3v) is 7.93. The minimum atomic E-state index is -3.96. The number of hydrogen-bond donors (Lipinski definition) is 3. The Bertz CT molecular complexity index is 1480. The predicted molar refractivity (Wildman–Crippen MR) is 148 cm³/mol. The third kappa shape index (κ3) is 6.92. The zero-order valence-electron chi connectivity index (χ0n) is 22.1. The number of phenols is 1. The normalized spacial score (nSPS) is 15.8. The first-order valence-corrected chi connectivity index (χ1v) is 14.5. The lowest BCUT2D eigenvalue weighted by Crippen LogP contribution is -2.15. The molecule has 0 spiro atoms. The Balaban J connectivity index is 1.52. The fourth-order valence-electron chi connectivity index (χ4n) is 4.98. The Kier molecular flexibility index (Phi) is 9.32. The molecule has 2 aliphatic carbocycles. The van der Waals surface area contributed by atoms with Crippen LogP contribution >= 0.6 is 7.82 Å². The SMILES string of the molecule is COP(=O)(O)OCCCCCCCC(=O)c1ccc(C(=O)O)c(C2=C3C=CC(=O)C=C3Cc3cc(O)ccc32)c1. The van der Waals surface area contributed by atoms with Gasteiger partial charge < -0.3 is 15.1 Å². The van der Waals surface area contributed by atoms with Crippen molar-refractivity contribution in [1.82, 2.24) is 0 Å². The molecular formula is C30H31O9P. The lowest BCUT2D eigenvalue weighted by Gasteiger charge is -2.27. The molecule has 40 heavy (non-hydrogen) atoms. The molecule has 0 bridgehead atoms. The fraction of sp³-hybridized carbons (Fsp3) is 0.300. The summed E-state index contributed by atoms with van der Waals surface area (Å²) in [6, 6.07) is 9.45. The summed E-state index contributed by atoms with van der Waals surface area (Å²) < 4.78 is 20.4. The highest BCUT2D eigenvalue weighted by atomic mass is 31.2. The number of phenolic OH excluding ortho intramolecular Hbond substituents is 1. The van der Waals surface area contributed by atoms with Crippen LogP contribution in [0.25, 0.3) is 5.57 Å². The number of unbranched alkanes of at least 4 members (excludes halogenated alkanes) is 4. The summed E-state index contributed by atoms with van der Waals surface area (Å²) in [5.74, 6) is -1.35. The molecule has 3 N–H and O–H groups in total. The van der Waals surface area contributed by atoms with Crippen LogP contribution in [0.5, 0.6) is 5.75 Å². The second-order valence-electron chi connectivity index (χ2n) is 9.70. The van der Waals surface area contributed by atoms with Gasteiger partial charge in [-0.15, -0.1) is 0 Å². The standard InChI is InChI=1S/C30H31O9P/c1-38-40(36,37)39-14-6-4-2-3-5-7-28(33)19-8-11-26(30(34)35)27(18-19)29-24-12-9-22(31)16-20(24)15-21-17-23(32)10-13-25(21)29/h8-13,16-18,31H,2-7,14-15H2,1H3,(H,34,35)(H,36,37). The number of carbonyl (C=O) groups excluding carboxylic acids is 2. The molecule has 0 radical (unpaired) electrons. The van der Waals surface area contributed by atoms with E-state index >= 15 is 0 Å². The number of phosphoric acid groups is 1. The first kappa shape index (κ1) is 29.4. The smallest absolute Gasteiger partial charge is 0.471 e. The second-order valence-corrected chi connectivity index (χ2v) is 11.3. The molecule has 2 aliphatic rings. The number of ketones is 2. The summed E-state index contributed by atoms with van der Waals surface area (Å²) in [5.41, 5.74) is 4.35. The number of aromatic carboxylic acids is 1. The van der Waals surface area contributed by atoms with Crippen molar-refractivity contribution in [3.63, 3.8) is 0 Å². The topological polar surface area (TPSA) is 147 Å². The van der Waals surface area contributed by atoms with Crippen molar-refractivity contribution in [2.45, 2.75) is 44.9 Å². The molecule has 0 fully saturated rings. The van der Waals surface area contributed by atoms with E-state index in [1.807, 2.05) is 0 Å². The first-order chi connectivity index (χ1) is 19.1. The van der Waals surface area contributed by atoms with Crippen molar-refractivity contribution in [2.75, 3.05) is 13.7 Å². The van der Waals surface area contributed by atoms with Crippen LogP contribution in [0.2, 0.25) is 0 Å². The molecule has 0 saturated carbocycles. The van der Waals surface area contributed by atoms with Crippen LogP contribution in [-0.2, 0) is 24.8 Å². The number of rotatable bonds is 13. The molecule has 2 aromatic carbocycles. The highest BCUT2D eigenvalue weighted by molar-refractivity contribution is 7.47. The Morgan fingerprint density at radius 1 is 0.975 bits per heavy atom. The molecule has 1 atom stereocenters. The van der Waals surface area contributed by atoms with Crippen molar-refractivity contribution in [3.05, 3.63) is 93.6 Å². The van der Waals surface area contributed by atoms with E-state index in [0.717, 1.165) is 48.6 Å². The van der Waals surface area contributed by atoms with Crippen LogP contribution in [-0.4, -0.2) is 46.4 Å². The van der Waals surface area contributed by atoms with E-state index in [1.165, 1.54) is 30.4 Å². The van der Waals surface area contributed by atoms with E-state index < -0.39 is 13.8 Å². The van der Waals surface area contributed by atoms with E-state index in [1.54, 1.807) is 24.3 Å². The quantitative estimate of drug-likeness (QED) is 0.155. The predicted octanol–water partition coefficient (Wildman–Crippen LogP) is 5.80. The van der Waals surface area contributed by atoms with Gasteiger partial charge in [0.15, 0.2) is 11.6 Å². The average molecular weight is 567 g/mol. The molecule has 210 valence electrons. The second kappa shape index (κ2) is 12.7. The zero-order valence-corrected chi connectivity index (χ0v) is 23.0. The van der Waals surface area contributed by atoms with Crippen molar-refractivity contribution in [2.24, 2.45) is 0 Å². The van der Waals surface area contributed by atoms with Gasteiger partial charge in [0.1, 0.15) is 5.75 Å². The van der Waals surface area contributed by atoms with E-state index in [0.29, 0.717) is 36.0 Å². The van der Waals surface area contributed by atoms with Gasteiger partial charge in [-0.1, -0.05) is 37.5 Å². The molecule has 0 aliphatic heterocycles. The molecule has 4 rings (SSSR count). The average Bonchev–Trinajstić information content (AvgIpc) is 2.92. The van der Waals surface area contributed by atoms with Crippen LogP contribution in [0.1, 0.15) is 75.9 Å². The van der Waals surface area contributed by atoms with Gasteiger partial charge in [-0.25, -0.2) is 9.36 Å². The minimum Gasteiger partial charge on any atom is -0.508 e. The van der Waals surface area contributed by atoms with Crippen LogP contribution in [0.3, 0.4) is 0 Å². The number of benzene rings is 2. The van der Waals surface area contributed by atoms with Crippen LogP contribution in [0.4, 0.5) is 0 Å². The summed E-state index contributed by atoms with van der Waals surface area (Å²) in [6.45, 7) is 0.111. The summed E-state index contributed by atoms with van der Waals surface area (Å²) in [7, 11) is -2.85. The van der Waals surface area contributed by atoms with Crippen LogP contribution in [0.15, 0.2) is 65.8 Å². The van der Waals surface area contributed by atoms with E-state index in [9.17, 15) is 34.1 Å². The number of aromatic hydroxyl groups is 1. The van der Waals surface area contributed by atoms with Gasteiger partial charge in [0, 0.05) is 19.1 Å². The van der Waals surface area contributed by atoms with E-state index in [4.69, 9.17) is 4.52 Å². The Hall–Kier alpha value is -3.62. The summed E-state index contributed by atoms with van der Waals surface area (Å²) in [5, 5.41) is 20.1. The lowest BCUT2D eigenvalue weighted by molar-refractivity contribution is -0.110. The maximum Gasteiger partial charge on any atom is 0.471 e. The molecule has 2 aromatic rings. The maximum absolute atomic E-state index is 13.1. The van der Waals surface area contributed by atoms with Gasteiger partial charge in [-0.3, -0.25) is 18.6 Å². The van der Waals surface area contributed by atoms with Gasteiger partial charge in [0.2, 0.25) is 0 Å². The Labute approximate surface area is 232 Å². The molecule has 1 unspecified atom stereocenters. The number of carboxylic acids is 1. The molecule has 0 aromatic heterocycles. The van der Waals surface area contributed by atoms with Crippen LogP contribution in [0, 0.1) is 0 Å². The van der Waals surface area contributed by atoms with Crippen molar-refractivity contribution >= 4 is 30.9 Å². The highest BCUT2D eigenvalue weighted by Crippen LogP contribution is 2.43.